The molecule has 0 saturated heterocycles. The number of methoxy groups -OCH3 is 1. The molecule has 0 aromatic heterocycles. The fourth-order valence-electron chi connectivity index (χ4n) is 2.68. The van der Waals surface area contributed by atoms with Gasteiger partial charge in [-0.05, 0) is 30.4 Å². The zero-order valence-electron chi connectivity index (χ0n) is 10.4. The SMILES string of the molecule is COCC(C)NC1CC(C)c2ccccc21. The molecule has 1 aliphatic rings. The normalized spacial score (nSPS) is 25.4. The summed E-state index contributed by atoms with van der Waals surface area (Å²) < 4.78 is 5.17. The van der Waals surface area contributed by atoms with Gasteiger partial charge >= 0.3 is 0 Å². The zero-order valence-corrected chi connectivity index (χ0v) is 10.4. The van der Waals surface area contributed by atoms with Gasteiger partial charge in [0.25, 0.3) is 0 Å². The number of nitrogens with one attached hydrogen (secondary N) is 1. The van der Waals surface area contributed by atoms with Gasteiger partial charge in [0.15, 0.2) is 0 Å². The Morgan fingerprint density at radius 2 is 2.06 bits per heavy atom. The Bertz CT molecular complexity index is 350. The second-order valence-electron chi connectivity index (χ2n) is 4.84. The summed E-state index contributed by atoms with van der Waals surface area (Å²) >= 11 is 0. The van der Waals surface area contributed by atoms with Crippen LogP contribution in [-0.4, -0.2) is 19.8 Å². The summed E-state index contributed by atoms with van der Waals surface area (Å²) in [6.45, 7) is 5.25. The van der Waals surface area contributed by atoms with Gasteiger partial charge in [-0.1, -0.05) is 31.2 Å². The highest BCUT2D eigenvalue weighted by atomic mass is 16.5. The Kier molecular flexibility index (Phi) is 3.62. The Morgan fingerprint density at radius 1 is 1.38 bits per heavy atom. The summed E-state index contributed by atoms with van der Waals surface area (Å²) in [6, 6.07) is 9.67. The quantitative estimate of drug-likeness (QED) is 0.840. The molecule has 0 radical (unpaired) electrons. The van der Waals surface area contributed by atoms with Crippen molar-refractivity contribution in [2.45, 2.75) is 38.3 Å². The summed E-state index contributed by atoms with van der Waals surface area (Å²) in [6.07, 6.45) is 1.20. The van der Waals surface area contributed by atoms with E-state index in [0.717, 1.165) is 6.61 Å². The predicted octanol–water partition coefficient (Wildman–Crippen LogP) is 2.86. The van der Waals surface area contributed by atoms with Crippen molar-refractivity contribution < 1.29 is 4.74 Å². The molecule has 1 aromatic rings. The number of ether oxygens (including phenoxy) is 1. The van der Waals surface area contributed by atoms with Crippen molar-refractivity contribution in [3.8, 4) is 0 Å². The van der Waals surface area contributed by atoms with E-state index >= 15 is 0 Å². The smallest absolute Gasteiger partial charge is 0.0613 e. The third kappa shape index (κ3) is 2.28. The highest BCUT2D eigenvalue weighted by Gasteiger charge is 2.28. The first-order valence-electron chi connectivity index (χ1n) is 6.06. The van der Waals surface area contributed by atoms with Gasteiger partial charge in [-0.2, -0.15) is 0 Å². The lowest BCUT2D eigenvalue weighted by atomic mass is 10.0. The van der Waals surface area contributed by atoms with Crippen LogP contribution >= 0.6 is 0 Å². The van der Waals surface area contributed by atoms with Crippen LogP contribution in [0.4, 0.5) is 0 Å². The molecule has 0 saturated carbocycles. The molecule has 16 heavy (non-hydrogen) atoms. The topological polar surface area (TPSA) is 21.3 Å². The van der Waals surface area contributed by atoms with E-state index in [2.05, 4.69) is 43.4 Å². The number of benzene rings is 1. The highest BCUT2D eigenvalue weighted by Crippen LogP contribution is 2.39. The van der Waals surface area contributed by atoms with Crippen molar-refractivity contribution in [3.63, 3.8) is 0 Å². The number of fused-ring (bicyclic) bond motifs is 1. The molecule has 0 aliphatic heterocycles. The second-order valence-corrected chi connectivity index (χ2v) is 4.84. The van der Waals surface area contributed by atoms with Crippen LogP contribution in [0, 0.1) is 0 Å². The molecule has 3 unspecified atom stereocenters. The summed E-state index contributed by atoms with van der Waals surface area (Å²) in [5.41, 5.74) is 2.97. The van der Waals surface area contributed by atoms with E-state index in [0.29, 0.717) is 18.0 Å². The van der Waals surface area contributed by atoms with Crippen molar-refractivity contribution in [3.05, 3.63) is 35.4 Å². The molecule has 1 N–H and O–H groups in total. The third-order valence-electron chi connectivity index (χ3n) is 3.39. The number of hydrogen-bond acceptors (Lipinski definition) is 2. The molecule has 3 atom stereocenters. The highest BCUT2D eigenvalue weighted by molar-refractivity contribution is 5.37. The summed E-state index contributed by atoms with van der Waals surface area (Å²) in [5, 5.41) is 3.64. The number of hydrogen-bond donors (Lipinski definition) is 1. The minimum Gasteiger partial charge on any atom is -0.383 e. The predicted molar refractivity (Wildman–Crippen MR) is 66.7 cm³/mol. The van der Waals surface area contributed by atoms with Crippen molar-refractivity contribution in [2.75, 3.05) is 13.7 Å². The molecule has 0 bridgehead atoms. The van der Waals surface area contributed by atoms with Crippen LogP contribution in [-0.2, 0) is 4.74 Å². The van der Waals surface area contributed by atoms with Crippen LogP contribution in [0.2, 0.25) is 0 Å². The van der Waals surface area contributed by atoms with Gasteiger partial charge in [0.1, 0.15) is 0 Å². The molecule has 1 aliphatic carbocycles. The van der Waals surface area contributed by atoms with Crippen molar-refractivity contribution in [1.82, 2.24) is 5.32 Å². The zero-order chi connectivity index (χ0) is 11.5. The molecule has 2 nitrogen and oxygen atoms in total. The molecule has 0 fully saturated rings. The lowest BCUT2D eigenvalue weighted by Gasteiger charge is -2.19. The molecular formula is C14H21NO. The third-order valence-corrected chi connectivity index (χ3v) is 3.39. The van der Waals surface area contributed by atoms with Crippen LogP contribution in [0.3, 0.4) is 0 Å². The maximum Gasteiger partial charge on any atom is 0.0613 e. The summed E-state index contributed by atoms with van der Waals surface area (Å²) in [5.74, 6) is 0.670. The van der Waals surface area contributed by atoms with Gasteiger partial charge < -0.3 is 10.1 Å². The van der Waals surface area contributed by atoms with Crippen molar-refractivity contribution in [2.24, 2.45) is 0 Å². The van der Waals surface area contributed by atoms with Crippen LogP contribution in [0.25, 0.3) is 0 Å². The summed E-state index contributed by atoms with van der Waals surface area (Å²) in [4.78, 5) is 0. The first-order valence-corrected chi connectivity index (χ1v) is 6.06. The van der Waals surface area contributed by atoms with E-state index in [-0.39, 0.29) is 0 Å². The fourth-order valence-corrected chi connectivity index (χ4v) is 2.68. The number of rotatable bonds is 4. The molecular weight excluding hydrogens is 198 g/mol. The maximum atomic E-state index is 5.17. The summed E-state index contributed by atoms with van der Waals surface area (Å²) in [7, 11) is 1.75. The van der Waals surface area contributed by atoms with Crippen molar-refractivity contribution >= 4 is 0 Å². The van der Waals surface area contributed by atoms with E-state index in [1.54, 1.807) is 7.11 Å². The maximum absolute atomic E-state index is 5.17. The Balaban J connectivity index is 2.09. The average molecular weight is 219 g/mol. The van der Waals surface area contributed by atoms with E-state index in [9.17, 15) is 0 Å². The fraction of sp³-hybridized carbons (Fsp3) is 0.571. The molecule has 1 aromatic carbocycles. The molecule has 2 rings (SSSR count). The van der Waals surface area contributed by atoms with Crippen molar-refractivity contribution in [1.29, 1.82) is 0 Å². The largest absolute Gasteiger partial charge is 0.383 e. The van der Waals surface area contributed by atoms with Gasteiger partial charge in [-0.15, -0.1) is 0 Å². The average Bonchev–Trinajstić information content (AvgIpc) is 2.57. The van der Waals surface area contributed by atoms with E-state index < -0.39 is 0 Å². The monoisotopic (exact) mass is 219 g/mol. The van der Waals surface area contributed by atoms with Crippen LogP contribution < -0.4 is 5.32 Å². The van der Waals surface area contributed by atoms with E-state index in [1.807, 2.05) is 0 Å². The standard InChI is InChI=1S/C14H21NO/c1-10-8-14(15-11(2)9-16-3)13-7-5-4-6-12(10)13/h4-7,10-11,14-15H,8-9H2,1-3H3. The minimum absolute atomic E-state index is 0.411. The molecule has 2 heteroatoms. The molecule has 88 valence electrons. The van der Waals surface area contributed by atoms with Gasteiger partial charge in [-0.3, -0.25) is 0 Å². The lowest BCUT2D eigenvalue weighted by Crippen LogP contribution is -2.32. The van der Waals surface area contributed by atoms with Crippen LogP contribution in [0.1, 0.15) is 43.4 Å². The van der Waals surface area contributed by atoms with Gasteiger partial charge in [0, 0.05) is 19.2 Å². The van der Waals surface area contributed by atoms with Crippen LogP contribution in [0.5, 0.6) is 0 Å². The van der Waals surface area contributed by atoms with E-state index in [1.165, 1.54) is 17.5 Å². The van der Waals surface area contributed by atoms with Gasteiger partial charge in [0.05, 0.1) is 6.61 Å². The van der Waals surface area contributed by atoms with E-state index in [4.69, 9.17) is 4.74 Å². The molecule has 0 spiro atoms. The molecule has 0 amide bonds. The lowest BCUT2D eigenvalue weighted by molar-refractivity contribution is 0.166. The Labute approximate surface area is 98.0 Å². The molecule has 0 heterocycles. The first-order chi connectivity index (χ1) is 7.72. The second kappa shape index (κ2) is 4.98. The first kappa shape index (κ1) is 11.6. The Hall–Kier alpha value is -0.860. The van der Waals surface area contributed by atoms with Gasteiger partial charge in [0.2, 0.25) is 0 Å². The Morgan fingerprint density at radius 3 is 2.75 bits per heavy atom. The minimum atomic E-state index is 0.411. The van der Waals surface area contributed by atoms with Crippen LogP contribution in [0.15, 0.2) is 24.3 Å². The van der Waals surface area contributed by atoms with Gasteiger partial charge in [-0.25, -0.2) is 0 Å².